The SMILES string of the molecule is CCOC(=O)C=C(O)c1ccc(OC)c(OC)c1. The van der Waals surface area contributed by atoms with Crippen LogP contribution in [0.5, 0.6) is 11.5 Å². The molecule has 0 heterocycles. The van der Waals surface area contributed by atoms with Gasteiger partial charge in [-0.15, -0.1) is 0 Å². The molecule has 0 aliphatic rings. The summed E-state index contributed by atoms with van der Waals surface area (Å²) < 4.78 is 14.9. The molecule has 0 unspecified atom stereocenters. The fraction of sp³-hybridized carbons (Fsp3) is 0.308. The van der Waals surface area contributed by atoms with Gasteiger partial charge in [-0.25, -0.2) is 4.79 Å². The number of ether oxygens (including phenoxy) is 3. The van der Waals surface area contributed by atoms with Crippen molar-refractivity contribution >= 4 is 11.7 Å². The number of hydrogen-bond acceptors (Lipinski definition) is 5. The lowest BCUT2D eigenvalue weighted by atomic mass is 10.1. The van der Waals surface area contributed by atoms with E-state index in [0.29, 0.717) is 17.1 Å². The van der Waals surface area contributed by atoms with E-state index in [0.717, 1.165) is 6.08 Å². The van der Waals surface area contributed by atoms with Crippen LogP contribution in [-0.2, 0) is 9.53 Å². The van der Waals surface area contributed by atoms with Gasteiger partial charge in [0.05, 0.1) is 26.9 Å². The van der Waals surface area contributed by atoms with E-state index in [2.05, 4.69) is 0 Å². The molecule has 0 aliphatic heterocycles. The van der Waals surface area contributed by atoms with Crippen LogP contribution in [0.2, 0.25) is 0 Å². The highest BCUT2D eigenvalue weighted by Gasteiger charge is 2.08. The van der Waals surface area contributed by atoms with Crippen LogP contribution in [0.1, 0.15) is 12.5 Å². The number of carbonyl (C=O) groups is 1. The molecule has 0 saturated heterocycles. The van der Waals surface area contributed by atoms with Crippen molar-refractivity contribution in [1.29, 1.82) is 0 Å². The zero-order valence-corrected chi connectivity index (χ0v) is 10.6. The quantitative estimate of drug-likeness (QED) is 0.494. The fourth-order valence-corrected chi connectivity index (χ4v) is 1.37. The topological polar surface area (TPSA) is 65.0 Å². The number of benzene rings is 1. The summed E-state index contributed by atoms with van der Waals surface area (Å²) in [5.74, 6) is 0.239. The number of rotatable bonds is 5. The van der Waals surface area contributed by atoms with Gasteiger partial charge in [0.25, 0.3) is 0 Å². The maximum absolute atomic E-state index is 11.2. The number of carbonyl (C=O) groups excluding carboxylic acids is 1. The Hall–Kier alpha value is -2.17. The normalized spacial score (nSPS) is 10.9. The van der Waals surface area contributed by atoms with E-state index >= 15 is 0 Å². The van der Waals surface area contributed by atoms with Gasteiger partial charge in [-0.05, 0) is 25.1 Å². The van der Waals surface area contributed by atoms with E-state index in [-0.39, 0.29) is 12.4 Å². The van der Waals surface area contributed by atoms with Gasteiger partial charge in [0, 0.05) is 5.56 Å². The highest BCUT2D eigenvalue weighted by Crippen LogP contribution is 2.29. The minimum Gasteiger partial charge on any atom is -0.507 e. The summed E-state index contributed by atoms with van der Waals surface area (Å²) in [6, 6.07) is 4.83. The summed E-state index contributed by atoms with van der Waals surface area (Å²) in [5.41, 5.74) is 0.445. The molecule has 0 spiro atoms. The molecule has 0 aromatic heterocycles. The third-order valence-corrected chi connectivity index (χ3v) is 2.22. The van der Waals surface area contributed by atoms with Crippen LogP contribution in [0.15, 0.2) is 24.3 Å². The average Bonchev–Trinajstić information content (AvgIpc) is 2.38. The summed E-state index contributed by atoms with van der Waals surface area (Å²) in [5, 5.41) is 9.77. The van der Waals surface area contributed by atoms with Gasteiger partial charge in [-0.3, -0.25) is 0 Å². The van der Waals surface area contributed by atoms with Gasteiger partial charge in [0.1, 0.15) is 5.76 Å². The molecule has 1 aromatic carbocycles. The molecule has 1 aromatic rings. The van der Waals surface area contributed by atoms with E-state index < -0.39 is 5.97 Å². The van der Waals surface area contributed by atoms with Gasteiger partial charge < -0.3 is 19.3 Å². The van der Waals surface area contributed by atoms with Crippen LogP contribution in [0.25, 0.3) is 5.76 Å². The van der Waals surface area contributed by atoms with Crippen LogP contribution in [0.4, 0.5) is 0 Å². The predicted molar refractivity (Wildman–Crippen MR) is 66.8 cm³/mol. The molecule has 0 saturated carbocycles. The Morgan fingerprint density at radius 2 is 1.94 bits per heavy atom. The first-order valence-electron chi connectivity index (χ1n) is 5.42. The molecule has 5 nitrogen and oxygen atoms in total. The molecule has 0 aliphatic carbocycles. The molecule has 0 radical (unpaired) electrons. The van der Waals surface area contributed by atoms with E-state index in [1.54, 1.807) is 25.1 Å². The highest BCUT2D eigenvalue weighted by atomic mass is 16.5. The fourth-order valence-electron chi connectivity index (χ4n) is 1.37. The van der Waals surface area contributed by atoms with Crippen molar-refractivity contribution < 1.29 is 24.1 Å². The lowest BCUT2D eigenvalue weighted by Crippen LogP contribution is -2.01. The van der Waals surface area contributed by atoms with Gasteiger partial charge >= 0.3 is 5.97 Å². The third-order valence-electron chi connectivity index (χ3n) is 2.22. The Labute approximate surface area is 106 Å². The summed E-state index contributed by atoms with van der Waals surface area (Å²) in [7, 11) is 3.01. The zero-order chi connectivity index (χ0) is 13.5. The van der Waals surface area contributed by atoms with E-state index in [4.69, 9.17) is 14.2 Å². The number of aliphatic hydroxyl groups excluding tert-OH is 1. The molecule has 98 valence electrons. The molecular weight excluding hydrogens is 236 g/mol. The van der Waals surface area contributed by atoms with Gasteiger partial charge in [0.15, 0.2) is 11.5 Å². The van der Waals surface area contributed by atoms with E-state index in [9.17, 15) is 9.90 Å². The summed E-state index contributed by atoms with van der Waals surface area (Å²) in [6.45, 7) is 1.95. The molecule has 0 bridgehead atoms. The minimum atomic E-state index is -0.593. The Morgan fingerprint density at radius 3 is 2.50 bits per heavy atom. The Balaban J connectivity index is 2.99. The minimum absolute atomic E-state index is 0.186. The van der Waals surface area contributed by atoms with Crippen molar-refractivity contribution in [2.45, 2.75) is 6.92 Å². The maximum Gasteiger partial charge on any atom is 0.334 e. The molecule has 5 heteroatoms. The number of methoxy groups -OCH3 is 2. The second-order valence-corrected chi connectivity index (χ2v) is 3.35. The average molecular weight is 252 g/mol. The Kier molecular flexibility index (Phi) is 5.05. The zero-order valence-electron chi connectivity index (χ0n) is 10.6. The molecule has 1 rings (SSSR count). The van der Waals surface area contributed by atoms with Crippen LogP contribution in [0, 0.1) is 0 Å². The number of aliphatic hydroxyl groups is 1. The predicted octanol–water partition coefficient (Wildman–Crippen LogP) is 2.17. The summed E-state index contributed by atoms with van der Waals surface area (Å²) >= 11 is 0. The lowest BCUT2D eigenvalue weighted by Gasteiger charge is -2.09. The first kappa shape index (κ1) is 13.9. The van der Waals surface area contributed by atoms with Crippen LogP contribution < -0.4 is 9.47 Å². The standard InChI is InChI=1S/C13H16O5/c1-4-18-13(15)8-10(14)9-5-6-11(16-2)12(7-9)17-3/h5-8,14H,4H2,1-3H3. The van der Waals surface area contributed by atoms with Crippen molar-refractivity contribution in [3.05, 3.63) is 29.8 Å². The largest absolute Gasteiger partial charge is 0.507 e. The van der Waals surface area contributed by atoms with Crippen molar-refractivity contribution in [2.75, 3.05) is 20.8 Å². The summed E-state index contributed by atoms with van der Waals surface area (Å²) in [6.07, 6.45) is 1.02. The van der Waals surface area contributed by atoms with E-state index in [1.165, 1.54) is 14.2 Å². The Morgan fingerprint density at radius 1 is 1.28 bits per heavy atom. The van der Waals surface area contributed by atoms with Crippen LogP contribution in [0.3, 0.4) is 0 Å². The molecular formula is C13H16O5. The number of hydrogen-bond donors (Lipinski definition) is 1. The van der Waals surface area contributed by atoms with Gasteiger partial charge in [-0.1, -0.05) is 0 Å². The molecule has 1 N–H and O–H groups in total. The highest BCUT2D eigenvalue weighted by molar-refractivity contribution is 5.89. The van der Waals surface area contributed by atoms with Crippen molar-refractivity contribution in [3.8, 4) is 11.5 Å². The van der Waals surface area contributed by atoms with Crippen molar-refractivity contribution in [3.63, 3.8) is 0 Å². The van der Waals surface area contributed by atoms with Crippen molar-refractivity contribution in [2.24, 2.45) is 0 Å². The smallest absolute Gasteiger partial charge is 0.334 e. The summed E-state index contributed by atoms with van der Waals surface area (Å²) in [4.78, 5) is 11.2. The second-order valence-electron chi connectivity index (χ2n) is 3.35. The number of esters is 1. The lowest BCUT2D eigenvalue weighted by molar-refractivity contribution is -0.137. The van der Waals surface area contributed by atoms with Gasteiger partial charge in [0.2, 0.25) is 0 Å². The van der Waals surface area contributed by atoms with Crippen LogP contribution >= 0.6 is 0 Å². The first-order valence-corrected chi connectivity index (χ1v) is 5.42. The second kappa shape index (κ2) is 6.54. The molecule has 0 atom stereocenters. The molecule has 0 amide bonds. The maximum atomic E-state index is 11.2. The van der Waals surface area contributed by atoms with Crippen molar-refractivity contribution in [1.82, 2.24) is 0 Å². The Bertz CT molecular complexity index is 451. The van der Waals surface area contributed by atoms with Crippen LogP contribution in [-0.4, -0.2) is 31.9 Å². The first-order chi connectivity index (χ1) is 8.62. The third kappa shape index (κ3) is 3.41. The van der Waals surface area contributed by atoms with Gasteiger partial charge in [-0.2, -0.15) is 0 Å². The van der Waals surface area contributed by atoms with E-state index in [1.807, 2.05) is 0 Å². The molecule has 18 heavy (non-hydrogen) atoms. The monoisotopic (exact) mass is 252 g/mol. The molecule has 0 fully saturated rings.